The highest BCUT2D eigenvalue weighted by molar-refractivity contribution is 5.14. The molecule has 0 saturated heterocycles. The third-order valence-corrected chi connectivity index (χ3v) is 4.52. The van der Waals surface area contributed by atoms with E-state index in [-0.39, 0.29) is 0 Å². The van der Waals surface area contributed by atoms with Gasteiger partial charge in [-0.2, -0.15) is 0 Å². The van der Waals surface area contributed by atoms with Gasteiger partial charge in [-0.05, 0) is 36.0 Å². The SMILES string of the molecule is CC1CC(C)C12C(C)CC2N. The van der Waals surface area contributed by atoms with Gasteiger partial charge in [0.05, 0.1) is 0 Å². The smallest absolute Gasteiger partial charge is 0.0106 e. The second-order valence-electron chi connectivity index (χ2n) is 4.78. The minimum absolute atomic E-state index is 0.510. The molecule has 2 fully saturated rings. The second-order valence-corrected chi connectivity index (χ2v) is 4.78. The van der Waals surface area contributed by atoms with Crippen LogP contribution >= 0.6 is 0 Å². The lowest BCUT2D eigenvalue weighted by atomic mass is 9.39. The van der Waals surface area contributed by atoms with Crippen LogP contribution in [0.5, 0.6) is 0 Å². The van der Waals surface area contributed by atoms with Gasteiger partial charge in [0.2, 0.25) is 0 Å². The van der Waals surface area contributed by atoms with Crippen molar-refractivity contribution in [2.45, 2.75) is 39.7 Å². The normalized spacial score (nSPS) is 62.2. The molecular formula is C10H19N. The fourth-order valence-corrected chi connectivity index (χ4v) is 3.96. The Hall–Kier alpha value is -0.0400. The molecule has 0 aromatic rings. The third-order valence-electron chi connectivity index (χ3n) is 4.52. The lowest BCUT2D eigenvalue weighted by molar-refractivity contribution is -0.167. The van der Waals surface area contributed by atoms with E-state index in [9.17, 15) is 0 Å². The molecule has 2 rings (SSSR count). The van der Waals surface area contributed by atoms with Gasteiger partial charge in [-0.25, -0.2) is 0 Å². The zero-order valence-electron chi connectivity index (χ0n) is 7.80. The van der Waals surface area contributed by atoms with Crippen LogP contribution in [0.1, 0.15) is 33.6 Å². The van der Waals surface area contributed by atoms with E-state index in [1.54, 1.807) is 0 Å². The number of nitrogens with two attached hydrogens (primary N) is 1. The first kappa shape index (κ1) is 7.60. The van der Waals surface area contributed by atoms with Crippen molar-refractivity contribution in [3.63, 3.8) is 0 Å². The van der Waals surface area contributed by atoms with Crippen LogP contribution in [0.25, 0.3) is 0 Å². The molecule has 11 heavy (non-hydrogen) atoms. The maximum Gasteiger partial charge on any atom is 0.0106 e. The molecule has 0 aromatic heterocycles. The number of hydrogen-bond acceptors (Lipinski definition) is 1. The Morgan fingerprint density at radius 1 is 1.00 bits per heavy atom. The molecule has 1 spiro atoms. The van der Waals surface area contributed by atoms with Crippen LogP contribution in [0.4, 0.5) is 0 Å². The summed E-state index contributed by atoms with van der Waals surface area (Å²) in [6, 6.07) is 0.510. The third kappa shape index (κ3) is 0.618. The molecule has 0 heterocycles. The summed E-state index contributed by atoms with van der Waals surface area (Å²) in [7, 11) is 0. The van der Waals surface area contributed by atoms with Crippen molar-refractivity contribution in [1.29, 1.82) is 0 Å². The molecule has 4 atom stereocenters. The highest BCUT2D eigenvalue weighted by atomic mass is 14.8. The van der Waals surface area contributed by atoms with Gasteiger partial charge in [0.15, 0.2) is 0 Å². The summed E-state index contributed by atoms with van der Waals surface area (Å²) in [4.78, 5) is 0. The summed E-state index contributed by atoms with van der Waals surface area (Å²) in [5, 5.41) is 0. The predicted molar refractivity (Wildman–Crippen MR) is 47.1 cm³/mol. The summed E-state index contributed by atoms with van der Waals surface area (Å²) in [5.41, 5.74) is 6.65. The van der Waals surface area contributed by atoms with E-state index in [0.717, 1.165) is 17.8 Å². The van der Waals surface area contributed by atoms with Crippen molar-refractivity contribution in [2.24, 2.45) is 28.9 Å². The molecule has 4 unspecified atom stereocenters. The minimum Gasteiger partial charge on any atom is -0.327 e. The van der Waals surface area contributed by atoms with E-state index in [4.69, 9.17) is 5.73 Å². The molecular weight excluding hydrogens is 134 g/mol. The van der Waals surface area contributed by atoms with Crippen molar-refractivity contribution in [1.82, 2.24) is 0 Å². The van der Waals surface area contributed by atoms with Crippen molar-refractivity contribution in [3.05, 3.63) is 0 Å². The Morgan fingerprint density at radius 2 is 1.45 bits per heavy atom. The van der Waals surface area contributed by atoms with Crippen LogP contribution in [-0.2, 0) is 0 Å². The first-order chi connectivity index (χ1) is 5.10. The number of rotatable bonds is 0. The molecule has 1 nitrogen and oxygen atoms in total. The Kier molecular flexibility index (Phi) is 1.39. The van der Waals surface area contributed by atoms with Crippen molar-refractivity contribution < 1.29 is 0 Å². The van der Waals surface area contributed by atoms with Crippen LogP contribution in [-0.4, -0.2) is 6.04 Å². The molecule has 2 saturated carbocycles. The lowest BCUT2D eigenvalue weighted by Crippen LogP contribution is -2.68. The summed E-state index contributed by atoms with van der Waals surface area (Å²) < 4.78 is 0. The molecule has 2 N–H and O–H groups in total. The molecule has 0 amide bonds. The molecule has 0 aliphatic heterocycles. The Bertz CT molecular complexity index is 136. The van der Waals surface area contributed by atoms with Gasteiger partial charge >= 0.3 is 0 Å². The van der Waals surface area contributed by atoms with Crippen LogP contribution in [0, 0.1) is 23.2 Å². The summed E-state index contributed by atoms with van der Waals surface area (Å²) >= 11 is 0. The van der Waals surface area contributed by atoms with Crippen LogP contribution < -0.4 is 5.73 Å². The van der Waals surface area contributed by atoms with E-state index in [1.807, 2.05) is 0 Å². The average molecular weight is 153 g/mol. The molecule has 64 valence electrons. The van der Waals surface area contributed by atoms with Gasteiger partial charge in [0.25, 0.3) is 0 Å². The fourth-order valence-electron chi connectivity index (χ4n) is 3.96. The summed E-state index contributed by atoms with van der Waals surface area (Å²) in [6.07, 6.45) is 2.66. The largest absolute Gasteiger partial charge is 0.327 e. The number of hydrogen-bond donors (Lipinski definition) is 1. The lowest BCUT2D eigenvalue weighted by Gasteiger charge is -2.67. The van der Waals surface area contributed by atoms with Crippen molar-refractivity contribution in [3.8, 4) is 0 Å². The van der Waals surface area contributed by atoms with E-state index in [0.29, 0.717) is 11.5 Å². The Labute approximate surface area is 69.4 Å². The highest BCUT2D eigenvalue weighted by Gasteiger charge is 2.62. The predicted octanol–water partition coefficient (Wildman–Crippen LogP) is 2.02. The molecule has 1 heteroatoms. The molecule has 0 aromatic carbocycles. The standard InChI is InChI=1S/C10H19N/c1-6-4-7(2)10(6)8(3)5-9(10)11/h6-9H,4-5,11H2,1-3H3. The molecule has 0 radical (unpaired) electrons. The maximum absolute atomic E-state index is 6.09. The van der Waals surface area contributed by atoms with Gasteiger partial charge in [-0.15, -0.1) is 0 Å². The first-order valence-corrected chi connectivity index (χ1v) is 4.85. The van der Waals surface area contributed by atoms with E-state index < -0.39 is 0 Å². The van der Waals surface area contributed by atoms with Crippen LogP contribution in [0.15, 0.2) is 0 Å². The topological polar surface area (TPSA) is 26.0 Å². The zero-order chi connectivity index (χ0) is 8.22. The van der Waals surface area contributed by atoms with Gasteiger partial charge in [-0.3, -0.25) is 0 Å². The van der Waals surface area contributed by atoms with Gasteiger partial charge in [-0.1, -0.05) is 20.8 Å². The Balaban J connectivity index is 2.20. The zero-order valence-corrected chi connectivity index (χ0v) is 7.80. The maximum atomic E-state index is 6.09. The fraction of sp³-hybridized carbons (Fsp3) is 1.00. The summed E-state index contributed by atoms with van der Waals surface area (Å²) in [6.45, 7) is 7.11. The van der Waals surface area contributed by atoms with Gasteiger partial charge in [0, 0.05) is 6.04 Å². The van der Waals surface area contributed by atoms with Crippen molar-refractivity contribution >= 4 is 0 Å². The highest BCUT2D eigenvalue weighted by Crippen LogP contribution is 2.65. The second kappa shape index (κ2) is 2.01. The molecule has 2 aliphatic carbocycles. The summed E-state index contributed by atoms with van der Waals surface area (Å²) in [5.74, 6) is 2.66. The average Bonchev–Trinajstić information content (AvgIpc) is 1.86. The van der Waals surface area contributed by atoms with E-state index >= 15 is 0 Å². The monoisotopic (exact) mass is 153 g/mol. The minimum atomic E-state index is 0.510. The van der Waals surface area contributed by atoms with E-state index in [1.165, 1.54) is 12.8 Å². The van der Waals surface area contributed by atoms with Crippen molar-refractivity contribution in [2.75, 3.05) is 0 Å². The van der Waals surface area contributed by atoms with Gasteiger partial charge < -0.3 is 5.73 Å². The molecule has 0 bridgehead atoms. The van der Waals surface area contributed by atoms with E-state index in [2.05, 4.69) is 20.8 Å². The van der Waals surface area contributed by atoms with Gasteiger partial charge in [0.1, 0.15) is 0 Å². The first-order valence-electron chi connectivity index (χ1n) is 4.85. The van der Waals surface area contributed by atoms with Crippen LogP contribution in [0.2, 0.25) is 0 Å². The quantitative estimate of drug-likeness (QED) is 0.566. The molecule has 2 aliphatic rings. The Morgan fingerprint density at radius 3 is 1.64 bits per heavy atom. The van der Waals surface area contributed by atoms with Crippen LogP contribution in [0.3, 0.4) is 0 Å².